The number of thiazole rings is 1. The van der Waals surface area contributed by atoms with Crippen molar-refractivity contribution in [2.45, 2.75) is 32.8 Å². The lowest BCUT2D eigenvalue weighted by atomic mass is 10.1. The molecule has 0 unspecified atom stereocenters. The number of nitrogens with zero attached hydrogens (tertiary/aromatic N) is 1. The molecule has 3 aromatic rings. The average Bonchev–Trinajstić information content (AvgIpc) is 3.18. The van der Waals surface area contributed by atoms with Crippen molar-refractivity contribution in [3.05, 3.63) is 64.6 Å². The van der Waals surface area contributed by atoms with E-state index >= 15 is 0 Å². The normalized spacial score (nSPS) is 11.5. The van der Waals surface area contributed by atoms with Crippen LogP contribution in [0.4, 0.5) is 0 Å². The largest absolute Gasteiger partial charge is 0.491 e. The van der Waals surface area contributed by atoms with Gasteiger partial charge in [-0.25, -0.2) is 4.98 Å². The van der Waals surface area contributed by atoms with Gasteiger partial charge < -0.3 is 19.3 Å². The summed E-state index contributed by atoms with van der Waals surface area (Å²) in [5.74, 6) is 1.23. The van der Waals surface area contributed by atoms with Crippen LogP contribution < -0.4 is 14.8 Å². The maximum Gasteiger partial charge on any atom is 0.356 e. The van der Waals surface area contributed by atoms with Crippen LogP contribution in [-0.4, -0.2) is 26.7 Å². The van der Waals surface area contributed by atoms with E-state index in [4.69, 9.17) is 9.47 Å². The molecule has 2 aromatic carbocycles. The van der Waals surface area contributed by atoms with Crippen LogP contribution in [0.15, 0.2) is 54.0 Å². The minimum Gasteiger partial charge on any atom is -0.491 e. The predicted molar refractivity (Wildman–Crippen MR) is 115 cm³/mol. The average molecular weight is 447 g/mol. The molecule has 0 amide bonds. The summed E-state index contributed by atoms with van der Waals surface area (Å²) in [7, 11) is -4.32. The molecule has 1 heterocycles. The number of rotatable bonds is 9. The number of hydrogen-bond acceptors (Lipinski definition) is 6. The molecule has 2 N–H and O–H groups in total. The van der Waals surface area contributed by atoms with Crippen molar-refractivity contribution in [2.24, 2.45) is 0 Å². The number of hydrogen-bond donors (Lipinski definition) is 2. The van der Waals surface area contributed by atoms with Gasteiger partial charge in [0, 0.05) is 36.0 Å². The summed E-state index contributed by atoms with van der Waals surface area (Å²) in [4.78, 5) is 35.4. The van der Waals surface area contributed by atoms with Gasteiger partial charge in [0.1, 0.15) is 17.2 Å². The number of benzene rings is 2. The molecule has 0 radical (unpaired) electrons. The first-order chi connectivity index (χ1) is 14.2. The van der Waals surface area contributed by atoms with E-state index in [2.05, 4.69) is 4.98 Å². The Morgan fingerprint density at radius 2 is 1.80 bits per heavy atom. The topological polar surface area (TPSA) is 106 Å². The van der Waals surface area contributed by atoms with Gasteiger partial charge in [-0.3, -0.25) is 9.36 Å². The third-order valence-electron chi connectivity index (χ3n) is 4.03. The summed E-state index contributed by atoms with van der Waals surface area (Å²) in [6.07, 6.45) is 2.51. The number of carbonyl (C=O) groups excluding carboxylic acids is 1. The molecular formula is C21H22NO6PS. The van der Waals surface area contributed by atoms with Crippen molar-refractivity contribution in [1.82, 2.24) is 4.98 Å². The number of carbonyl (C=O) groups is 1. The Kier molecular flexibility index (Phi) is 7.05. The highest BCUT2D eigenvalue weighted by atomic mass is 32.1. The van der Waals surface area contributed by atoms with E-state index in [1.54, 1.807) is 24.4 Å². The van der Waals surface area contributed by atoms with E-state index in [0.717, 1.165) is 5.01 Å². The van der Waals surface area contributed by atoms with E-state index in [1.165, 1.54) is 35.6 Å². The molecule has 30 heavy (non-hydrogen) atoms. The first-order valence-electron chi connectivity index (χ1n) is 9.28. The van der Waals surface area contributed by atoms with Crippen LogP contribution in [-0.2, 0) is 11.0 Å². The SMILES string of the molecule is CC(C)Oc1cc(Oc2ccc(P(=O)(O)O)cc2)cc(C(=O)CCc2nccs2)c1. The zero-order valence-corrected chi connectivity index (χ0v) is 18.2. The Labute approximate surface area is 178 Å². The summed E-state index contributed by atoms with van der Waals surface area (Å²) in [6.45, 7) is 3.77. The van der Waals surface area contributed by atoms with Gasteiger partial charge in [0.15, 0.2) is 5.78 Å². The summed E-state index contributed by atoms with van der Waals surface area (Å²) < 4.78 is 22.9. The number of aromatic nitrogens is 1. The minimum absolute atomic E-state index is 0.0545. The molecule has 0 bridgehead atoms. The van der Waals surface area contributed by atoms with Crippen LogP contribution in [0.1, 0.15) is 35.6 Å². The lowest BCUT2D eigenvalue weighted by molar-refractivity contribution is 0.0981. The Hall–Kier alpha value is -2.51. The van der Waals surface area contributed by atoms with Gasteiger partial charge in [0.05, 0.1) is 16.4 Å². The van der Waals surface area contributed by atoms with E-state index in [0.29, 0.717) is 35.7 Å². The van der Waals surface area contributed by atoms with Crippen molar-refractivity contribution < 1.29 is 28.6 Å². The van der Waals surface area contributed by atoms with Gasteiger partial charge in [-0.15, -0.1) is 11.3 Å². The van der Waals surface area contributed by atoms with Gasteiger partial charge in [0.2, 0.25) is 0 Å². The Morgan fingerprint density at radius 3 is 2.40 bits per heavy atom. The molecule has 0 aliphatic rings. The van der Waals surface area contributed by atoms with Crippen LogP contribution in [0.25, 0.3) is 0 Å². The Balaban J connectivity index is 1.81. The molecule has 7 nitrogen and oxygen atoms in total. The molecule has 1 aromatic heterocycles. The predicted octanol–water partition coefficient (Wildman–Crippen LogP) is 4.34. The van der Waals surface area contributed by atoms with E-state index in [-0.39, 0.29) is 17.2 Å². The smallest absolute Gasteiger partial charge is 0.356 e. The van der Waals surface area contributed by atoms with E-state index in [9.17, 15) is 19.1 Å². The monoisotopic (exact) mass is 447 g/mol. The molecule has 0 fully saturated rings. The molecular weight excluding hydrogens is 425 g/mol. The standard InChI is InChI=1S/C21H22NO6PS/c1-14(2)27-17-11-15(20(23)7-8-21-22-9-10-30-21)12-18(13-17)28-16-3-5-19(6-4-16)29(24,25)26/h3-6,9-14H,7-8H2,1-2H3,(H2,24,25,26). The van der Waals surface area contributed by atoms with Crippen LogP contribution in [0, 0.1) is 0 Å². The van der Waals surface area contributed by atoms with E-state index in [1.807, 2.05) is 19.2 Å². The van der Waals surface area contributed by atoms with Crippen LogP contribution in [0.3, 0.4) is 0 Å². The van der Waals surface area contributed by atoms with Crippen LogP contribution >= 0.6 is 18.9 Å². The molecule has 158 valence electrons. The second-order valence-electron chi connectivity index (χ2n) is 6.85. The molecule has 0 atom stereocenters. The highest BCUT2D eigenvalue weighted by Gasteiger charge is 2.17. The van der Waals surface area contributed by atoms with Crippen molar-refractivity contribution in [3.8, 4) is 17.2 Å². The first kappa shape index (κ1) is 22.2. The molecule has 3 rings (SSSR count). The van der Waals surface area contributed by atoms with Gasteiger partial charge in [-0.05, 0) is 50.2 Å². The summed E-state index contributed by atoms with van der Waals surface area (Å²) in [6, 6.07) is 10.6. The number of ketones is 1. The van der Waals surface area contributed by atoms with Gasteiger partial charge in [-0.1, -0.05) is 0 Å². The highest BCUT2D eigenvalue weighted by molar-refractivity contribution is 7.60. The molecule has 0 spiro atoms. The van der Waals surface area contributed by atoms with E-state index < -0.39 is 7.60 Å². The fraction of sp³-hybridized carbons (Fsp3) is 0.238. The summed E-state index contributed by atoms with van der Waals surface area (Å²) >= 11 is 1.51. The molecule has 0 aliphatic carbocycles. The van der Waals surface area contributed by atoms with Crippen molar-refractivity contribution in [3.63, 3.8) is 0 Å². The zero-order valence-electron chi connectivity index (χ0n) is 16.5. The first-order valence-corrected chi connectivity index (χ1v) is 11.8. The van der Waals surface area contributed by atoms with Crippen LogP contribution in [0.5, 0.6) is 17.2 Å². The Bertz CT molecular complexity index is 1040. The number of Topliss-reactive ketones (excluding diaryl/α,β-unsaturated/α-hetero) is 1. The molecule has 0 saturated heterocycles. The third kappa shape index (κ3) is 6.24. The fourth-order valence-corrected chi connectivity index (χ4v) is 3.88. The minimum atomic E-state index is -4.32. The maximum absolute atomic E-state index is 12.7. The second kappa shape index (κ2) is 9.53. The summed E-state index contributed by atoms with van der Waals surface area (Å²) in [5.41, 5.74) is 0.464. The van der Waals surface area contributed by atoms with Crippen LogP contribution in [0.2, 0.25) is 0 Å². The van der Waals surface area contributed by atoms with Crippen molar-refractivity contribution >= 4 is 30.0 Å². The highest BCUT2D eigenvalue weighted by Crippen LogP contribution is 2.34. The number of aryl methyl sites for hydroxylation is 1. The molecule has 0 saturated carbocycles. The van der Waals surface area contributed by atoms with Crippen molar-refractivity contribution in [1.29, 1.82) is 0 Å². The zero-order chi connectivity index (χ0) is 21.7. The maximum atomic E-state index is 12.7. The van der Waals surface area contributed by atoms with Crippen molar-refractivity contribution in [2.75, 3.05) is 0 Å². The summed E-state index contributed by atoms with van der Waals surface area (Å²) in [5, 5.41) is 2.69. The quantitative estimate of drug-likeness (QED) is 0.371. The lowest BCUT2D eigenvalue weighted by Gasteiger charge is -2.14. The van der Waals surface area contributed by atoms with Gasteiger partial charge in [0.25, 0.3) is 0 Å². The van der Waals surface area contributed by atoms with Gasteiger partial charge >= 0.3 is 7.60 Å². The fourth-order valence-electron chi connectivity index (χ4n) is 2.72. The molecule has 9 heteroatoms. The Morgan fingerprint density at radius 1 is 1.10 bits per heavy atom. The lowest BCUT2D eigenvalue weighted by Crippen LogP contribution is -2.08. The second-order valence-corrected chi connectivity index (χ2v) is 9.43. The van der Waals surface area contributed by atoms with Gasteiger partial charge in [-0.2, -0.15) is 0 Å². The third-order valence-corrected chi connectivity index (χ3v) is 5.84. The number of ether oxygens (including phenoxy) is 2. The molecule has 0 aliphatic heterocycles.